The fourth-order valence-corrected chi connectivity index (χ4v) is 6.24. The predicted molar refractivity (Wildman–Crippen MR) is 112 cm³/mol. The first-order valence-corrected chi connectivity index (χ1v) is 12.2. The Balaban J connectivity index is 1.39. The Hall–Kier alpha value is -1.68. The van der Waals surface area contributed by atoms with Crippen LogP contribution in [0.1, 0.15) is 32.6 Å². The molecular formula is C20H27ClN4O4S. The number of imide groups is 1. The third kappa shape index (κ3) is 3.72. The van der Waals surface area contributed by atoms with E-state index in [2.05, 4.69) is 5.32 Å². The SMILES string of the molecule is CC1CCCCC12NC(=O)N(CN1CCN(S(=O)(=O)c3ccc(Cl)cc3)CC1)C2=O. The summed E-state index contributed by atoms with van der Waals surface area (Å²) >= 11 is 5.85. The van der Waals surface area contributed by atoms with Crippen LogP contribution in [0.5, 0.6) is 0 Å². The summed E-state index contributed by atoms with van der Waals surface area (Å²) in [7, 11) is -3.59. The number of carbonyl (C=O) groups excluding carboxylic acids is 2. The number of urea groups is 1. The smallest absolute Gasteiger partial charge is 0.323 e. The fourth-order valence-electron chi connectivity index (χ4n) is 4.69. The van der Waals surface area contributed by atoms with E-state index in [1.807, 2.05) is 11.8 Å². The minimum Gasteiger partial charge on any atom is -0.323 e. The molecule has 2 atom stereocenters. The molecule has 8 nitrogen and oxygen atoms in total. The number of rotatable bonds is 4. The molecule has 1 aliphatic carbocycles. The molecule has 2 heterocycles. The zero-order chi connectivity index (χ0) is 21.5. The van der Waals surface area contributed by atoms with Gasteiger partial charge in [0.1, 0.15) is 5.54 Å². The van der Waals surface area contributed by atoms with Gasteiger partial charge in [0.15, 0.2) is 0 Å². The van der Waals surface area contributed by atoms with Crippen molar-refractivity contribution in [3.63, 3.8) is 0 Å². The lowest BCUT2D eigenvalue weighted by Crippen LogP contribution is -2.55. The second-order valence-corrected chi connectivity index (χ2v) is 10.8. The Morgan fingerprint density at radius 1 is 1.10 bits per heavy atom. The number of amides is 3. The van der Waals surface area contributed by atoms with Crippen LogP contribution >= 0.6 is 11.6 Å². The van der Waals surface area contributed by atoms with Crippen LogP contribution in [0.2, 0.25) is 5.02 Å². The zero-order valence-electron chi connectivity index (χ0n) is 17.0. The number of carbonyl (C=O) groups is 2. The minimum atomic E-state index is -3.59. The third-order valence-corrected chi connectivity index (χ3v) is 8.79. The van der Waals surface area contributed by atoms with E-state index in [0.717, 1.165) is 19.3 Å². The van der Waals surface area contributed by atoms with Crippen molar-refractivity contribution < 1.29 is 18.0 Å². The molecule has 0 radical (unpaired) electrons. The maximum absolute atomic E-state index is 13.1. The second kappa shape index (κ2) is 8.11. The van der Waals surface area contributed by atoms with Crippen LogP contribution in [0.25, 0.3) is 0 Å². The summed E-state index contributed by atoms with van der Waals surface area (Å²) in [5.41, 5.74) is -0.769. The maximum atomic E-state index is 13.1. The van der Waals surface area contributed by atoms with E-state index < -0.39 is 15.6 Å². The molecule has 4 rings (SSSR count). The molecule has 1 saturated carbocycles. The third-order valence-electron chi connectivity index (χ3n) is 6.63. The van der Waals surface area contributed by atoms with Crippen molar-refractivity contribution in [2.45, 2.75) is 43.0 Å². The second-order valence-electron chi connectivity index (χ2n) is 8.40. The molecule has 0 bridgehead atoms. The number of sulfonamides is 1. The van der Waals surface area contributed by atoms with E-state index in [1.54, 1.807) is 12.1 Å². The Morgan fingerprint density at radius 2 is 1.77 bits per heavy atom. The van der Waals surface area contributed by atoms with Gasteiger partial charge in [-0.3, -0.25) is 9.69 Å². The number of piperazine rings is 1. The van der Waals surface area contributed by atoms with E-state index in [9.17, 15) is 18.0 Å². The average molecular weight is 455 g/mol. The lowest BCUT2D eigenvalue weighted by atomic mass is 9.73. The Bertz CT molecular complexity index is 931. The Morgan fingerprint density at radius 3 is 2.40 bits per heavy atom. The van der Waals surface area contributed by atoms with E-state index in [0.29, 0.717) is 37.6 Å². The van der Waals surface area contributed by atoms with Gasteiger partial charge < -0.3 is 5.32 Å². The van der Waals surface area contributed by atoms with E-state index in [-0.39, 0.29) is 29.4 Å². The molecule has 2 aliphatic heterocycles. The average Bonchev–Trinajstić information content (AvgIpc) is 2.96. The van der Waals surface area contributed by atoms with Crippen LogP contribution in [-0.4, -0.2) is 72.8 Å². The molecule has 164 valence electrons. The first-order chi connectivity index (χ1) is 14.2. The maximum Gasteiger partial charge on any atom is 0.326 e. The van der Waals surface area contributed by atoms with Crippen LogP contribution in [0, 0.1) is 5.92 Å². The normalized spacial score (nSPS) is 28.9. The van der Waals surface area contributed by atoms with Gasteiger partial charge in [-0.1, -0.05) is 31.4 Å². The molecule has 2 unspecified atom stereocenters. The van der Waals surface area contributed by atoms with Gasteiger partial charge in [0.05, 0.1) is 11.6 Å². The van der Waals surface area contributed by atoms with Crippen LogP contribution in [0.4, 0.5) is 4.79 Å². The highest BCUT2D eigenvalue weighted by molar-refractivity contribution is 7.89. The summed E-state index contributed by atoms with van der Waals surface area (Å²) in [6.07, 6.45) is 3.63. The molecule has 10 heteroatoms. The number of nitrogens with one attached hydrogen (secondary N) is 1. The molecule has 1 aromatic rings. The Kier molecular flexibility index (Phi) is 5.82. The number of nitrogens with zero attached hydrogens (tertiary/aromatic N) is 3. The van der Waals surface area contributed by atoms with Gasteiger partial charge in [-0.15, -0.1) is 0 Å². The first kappa shape index (κ1) is 21.5. The summed E-state index contributed by atoms with van der Waals surface area (Å²) in [5, 5.41) is 3.44. The van der Waals surface area contributed by atoms with Crippen molar-refractivity contribution in [1.82, 2.24) is 19.4 Å². The summed E-state index contributed by atoms with van der Waals surface area (Å²) in [6, 6.07) is 5.78. The highest BCUT2D eigenvalue weighted by Crippen LogP contribution is 2.38. The molecule has 30 heavy (non-hydrogen) atoms. The molecule has 1 aromatic carbocycles. The molecule has 3 aliphatic rings. The summed E-state index contributed by atoms with van der Waals surface area (Å²) < 4.78 is 27.1. The number of halogens is 1. The van der Waals surface area contributed by atoms with Crippen LogP contribution in [0.3, 0.4) is 0 Å². The fraction of sp³-hybridized carbons (Fsp3) is 0.600. The largest absolute Gasteiger partial charge is 0.326 e. The predicted octanol–water partition coefficient (Wildman–Crippen LogP) is 2.10. The van der Waals surface area contributed by atoms with Gasteiger partial charge in [0.2, 0.25) is 10.0 Å². The van der Waals surface area contributed by atoms with Gasteiger partial charge >= 0.3 is 6.03 Å². The van der Waals surface area contributed by atoms with Gasteiger partial charge in [-0.05, 0) is 43.0 Å². The van der Waals surface area contributed by atoms with Crippen molar-refractivity contribution in [1.29, 1.82) is 0 Å². The van der Waals surface area contributed by atoms with Gasteiger partial charge in [0, 0.05) is 31.2 Å². The van der Waals surface area contributed by atoms with E-state index >= 15 is 0 Å². The summed E-state index contributed by atoms with van der Waals surface area (Å²) in [4.78, 5) is 29.1. The van der Waals surface area contributed by atoms with Crippen LogP contribution in [0.15, 0.2) is 29.2 Å². The van der Waals surface area contributed by atoms with E-state index in [1.165, 1.54) is 21.3 Å². The monoisotopic (exact) mass is 454 g/mol. The van der Waals surface area contributed by atoms with Crippen LogP contribution < -0.4 is 5.32 Å². The molecule has 3 amide bonds. The molecule has 1 spiro atoms. The highest BCUT2D eigenvalue weighted by Gasteiger charge is 2.55. The van der Waals surface area contributed by atoms with Gasteiger partial charge in [-0.25, -0.2) is 18.1 Å². The lowest BCUT2D eigenvalue weighted by molar-refractivity contribution is -0.135. The van der Waals surface area contributed by atoms with Gasteiger partial charge in [0.25, 0.3) is 5.91 Å². The molecule has 0 aromatic heterocycles. The van der Waals surface area contributed by atoms with Gasteiger partial charge in [-0.2, -0.15) is 4.31 Å². The van der Waals surface area contributed by atoms with Crippen LogP contribution in [-0.2, 0) is 14.8 Å². The summed E-state index contributed by atoms with van der Waals surface area (Å²) in [5.74, 6) is -0.0232. The molecular weight excluding hydrogens is 428 g/mol. The summed E-state index contributed by atoms with van der Waals surface area (Å²) in [6.45, 7) is 3.72. The highest BCUT2D eigenvalue weighted by atomic mass is 35.5. The van der Waals surface area contributed by atoms with Crippen molar-refractivity contribution in [3.8, 4) is 0 Å². The Labute approximate surface area is 182 Å². The molecule has 3 fully saturated rings. The van der Waals surface area contributed by atoms with Crippen molar-refractivity contribution in [3.05, 3.63) is 29.3 Å². The lowest BCUT2D eigenvalue weighted by Gasteiger charge is -2.38. The number of hydrogen-bond donors (Lipinski definition) is 1. The van der Waals surface area contributed by atoms with E-state index in [4.69, 9.17) is 11.6 Å². The zero-order valence-corrected chi connectivity index (χ0v) is 18.6. The number of benzene rings is 1. The van der Waals surface area contributed by atoms with Crippen molar-refractivity contribution in [2.24, 2.45) is 5.92 Å². The topological polar surface area (TPSA) is 90.0 Å². The van der Waals surface area contributed by atoms with Crippen molar-refractivity contribution in [2.75, 3.05) is 32.8 Å². The van der Waals surface area contributed by atoms with Crippen molar-refractivity contribution >= 4 is 33.6 Å². The first-order valence-electron chi connectivity index (χ1n) is 10.4. The molecule has 1 N–H and O–H groups in total. The quantitative estimate of drug-likeness (QED) is 0.703. The minimum absolute atomic E-state index is 0.120. The number of hydrogen-bond acceptors (Lipinski definition) is 5. The molecule has 2 saturated heterocycles. The standard InChI is InChI=1S/C20H27ClN4O4S/c1-15-4-2-3-9-20(15)18(26)25(19(27)22-20)14-23-10-12-24(13-11-23)30(28,29)17-7-5-16(21)6-8-17/h5-8,15H,2-4,9-14H2,1H3,(H,22,27).